The third-order valence-corrected chi connectivity index (χ3v) is 2.64. The summed E-state index contributed by atoms with van der Waals surface area (Å²) in [6, 6.07) is 0.718. The average Bonchev–Trinajstić information content (AvgIpc) is 2.34. The first-order valence-corrected chi connectivity index (χ1v) is 5.66. The Labute approximate surface area is 112 Å². The Morgan fingerprint density at radius 1 is 1.47 bits per heavy atom. The number of amides is 1. The molecule has 1 aromatic heterocycles. The van der Waals surface area contributed by atoms with Crippen LogP contribution in [-0.2, 0) is 11.0 Å². The fraction of sp³-hybridized carbons (Fsp3) is 0.364. The Bertz CT molecular complexity index is 489. The zero-order valence-electron chi connectivity index (χ0n) is 10.1. The largest absolute Gasteiger partial charge is 0.417 e. The number of nitrogens with zero attached hydrogens (tertiary/aromatic N) is 1. The van der Waals surface area contributed by atoms with Gasteiger partial charge in [0.15, 0.2) is 5.05 Å². The Morgan fingerprint density at radius 3 is 2.63 bits per heavy atom. The highest BCUT2D eigenvalue weighted by molar-refractivity contribution is 7.80. The van der Waals surface area contributed by atoms with E-state index in [0.717, 1.165) is 18.5 Å². The van der Waals surface area contributed by atoms with Crippen LogP contribution in [0, 0.1) is 5.92 Å². The second-order valence-electron chi connectivity index (χ2n) is 3.93. The van der Waals surface area contributed by atoms with Gasteiger partial charge in [0.25, 0.3) is 5.91 Å². The van der Waals surface area contributed by atoms with Crippen LogP contribution in [0.3, 0.4) is 0 Å². The van der Waals surface area contributed by atoms with E-state index in [1.54, 1.807) is 13.8 Å². The molecule has 1 N–H and O–H groups in total. The summed E-state index contributed by atoms with van der Waals surface area (Å²) in [6.07, 6.45) is -2.87. The van der Waals surface area contributed by atoms with Crippen molar-refractivity contribution in [2.45, 2.75) is 20.0 Å². The number of pyridine rings is 1. The highest BCUT2D eigenvalue weighted by Crippen LogP contribution is 2.31. The molecular weight excluding hydrogens is 281 g/mol. The van der Waals surface area contributed by atoms with Crippen LogP contribution in [0.2, 0.25) is 0 Å². The van der Waals surface area contributed by atoms with Crippen molar-refractivity contribution < 1.29 is 22.8 Å². The van der Waals surface area contributed by atoms with Crippen LogP contribution in [0.5, 0.6) is 0 Å². The van der Waals surface area contributed by atoms with E-state index < -0.39 is 23.2 Å². The number of alkyl halides is 3. The molecule has 0 spiro atoms. The number of aromatic nitrogens is 1. The van der Waals surface area contributed by atoms with Crippen molar-refractivity contribution in [2.75, 3.05) is 0 Å². The minimum absolute atomic E-state index is 0.0748. The molecule has 8 heteroatoms. The van der Waals surface area contributed by atoms with Gasteiger partial charge >= 0.3 is 6.18 Å². The van der Waals surface area contributed by atoms with Crippen molar-refractivity contribution in [2.24, 2.45) is 5.92 Å². The van der Waals surface area contributed by atoms with Crippen LogP contribution in [0.1, 0.15) is 29.8 Å². The Hall–Kier alpha value is -1.70. The molecule has 1 aromatic rings. The van der Waals surface area contributed by atoms with Gasteiger partial charge in [-0.25, -0.2) is 0 Å². The van der Waals surface area contributed by atoms with Gasteiger partial charge in [-0.15, -0.1) is 0 Å². The second kappa shape index (κ2) is 5.96. The lowest BCUT2D eigenvalue weighted by molar-refractivity contribution is -0.138. The van der Waals surface area contributed by atoms with E-state index in [1.165, 1.54) is 0 Å². The van der Waals surface area contributed by atoms with Crippen molar-refractivity contribution in [3.63, 3.8) is 0 Å². The summed E-state index contributed by atoms with van der Waals surface area (Å²) >= 11 is 4.78. The summed E-state index contributed by atoms with van der Waals surface area (Å²) in [4.78, 5) is 19.8. The van der Waals surface area contributed by atoms with Crippen LogP contribution < -0.4 is 5.48 Å². The maximum atomic E-state index is 12.7. The molecule has 19 heavy (non-hydrogen) atoms. The Kier molecular flexibility index (Phi) is 4.82. The van der Waals surface area contributed by atoms with Crippen molar-refractivity contribution >= 4 is 23.2 Å². The smallest absolute Gasteiger partial charge is 0.372 e. The zero-order valence-corrected chi connectivity index (χ0v) is 10.9. The zero-order chi connectivity index (χ0) is 14.6. The predicted octanol–water partition coefficient (Wildman–Crippen LogP) is 2.75. The molecule has 1 amide bonds. The van der Waals surface area contributed by atoms with Crippen molar-refractivity contribution in [1.29, 1.82) is 0 Å². The third kappa shape index (κ3) is 4.16. The van der Waals surface area contributed by atoms with Gasteiger partial charge < -0.3 is 4.84 Å². The van der Waals surface area contributed by atoms with Gasteiger partial charge in [-0.05, 0) is 18.3 Å². The Balaban J connectivity index is 2.86. The van der Waals surface area contributed by atoms with Gasteiger partial charge in [0, 0.05) is 18.3 Å². The molecule has 0 saturated heterocycles. The number of rotatable bonds is 2. The second-order valence-corrected chi connectivity index (χ2v) is 4.33. The fourth-order valence-electron chi connectivity index (χ4n) is 1.09. The highest BCUT2D eigenvalue weighted by Gasteiger charge is 2.35. The molecular formula is C11H11F3N2O2S. The van der Waals surface area contributed by atoms with E-state index in [4.69, 9.17) is 17.1 Å². The molecule has 0 bridgehead atoms. The van der Waals surface area contributed by atoms with Gasteiger partial charge in [0.2, 0.25) is 0 Å². The quantitative estimate of drug-likeness (QED) is 0.672. The molecule has 0 aromatic carbocycles. The highest BCUT2D eigenvalue weighted by atomic mass is 32.1. The molecule has 104 valence electrons. The number of halogens is 3. The summed E-state index contributed by atoms with van der Waals surface area (Å²) in [5, 5.41) is 0.0748. The summed E-state index contributed by atoms with van der Waals surface area (Å²) in [5.41, 5.74) is 0.165. The summed E-state index contributed by atoms with van der Waals surface area (Å²) in [6.45, 7) is 3.44. The third-order valence-electron chi connectivity index (χ3n) is 2.09. The van der Waals surface area contributed by atoms with Gasteiger partial charge in [0.1, 0.15) is 0 Å². The number of hydrogen-bond acceptors (Lipinski definition) is 4. The lowest BCUT2D eigenvalue weighted by Crippen LogP contribution is -2.30. The summed E-state index contributed by atoms with van der Waals surface area (Å²) < 4.78 is 38.0. The van der Waals surface area contributed by atoms with E-state index in [2.05, 4.69) is 4.98 Å². The van der Waals surface area contributed by atoms with Gasteiger partial charge in [-0.1, -0.05) is 13.8 Å². The van der Waals surface area contributed by atoms with Crippen LogP contribution in [0.4, 0.5) is 13.2 Å². The number of hydrogen-bond donors (Lipinski definition) is 1. The van der Waals surface area contributed by atoms with E-state index in [-0.39, 0.29) is 11.0 Å². The number of hydroxylamine groups is 1. The minimum Gasteiger partial charge on any atom is -0.372 e. The topological polar surface area (TPSA) is 51.2 Å². The van der Waals surface area contributed by atoms with Crippen LogP contribution >= 0.6 is 12.2 Å². The number of nitrogens with one attached hydrogen (secondary N) is 1. The molecule has 0 atom stereocenters. The number of thiocarbonyl (C=S) groups is 1. The van der Waals surface area contributed by atoms with E-state index >= 15 is 0 Å². The maximum Gasteiger partial charge on any atom is 0.417 e. The predicted molar refractivity (Wildman–Crippen MR) is 65.2 cm³/mol. The average molecular weight is 292 g/mol. The number of carbonyl (C=O) groups is 1. The summed E-state index contributed by atoms with van der Waals surface area (Å²) in [7, 11) is 0. The van der Waals surface area contributed by atoms with Crippen LogP contribution in [-0.4, -0.2) is 15.9 Å². The Morgan fingerprint density at radius 2 is 2.11 bits per heavy atom. The van der Waals surface area contributed by atoms with E-state index in [9.17, 15) is 18.0 Å². The van der Waals surface area contributed by atoms with E-state index in [0.29, 0.717) is 0 Å². The molecule has 1 heterocycles. The van der Waals surface area contributed by atoms with Crippen molar-refractivity contribution in [1.82, 2.24) is 10.5 Å². The normalized spacial score (nSPS) is 11.3. The SMILES string of the molecule is CC(C)C(=S)ONC(=O)c1cnccc1C(F)(F)F. The first-order chi connectivity index (χ1) is 8.73. The first kappa shape index (κ1) is 15.4. The molecule has 0 saturated carbocycles. The van der Waals surface area contributed by atoms with Gasteiger partial charge in [0.05, 0.1) is 11.1 Å². The molecule has 1 rings (SSSR count). The van der Waals surface area contributed by atoms with E-state index in [1.807, 2.05) is 5.48 Å². The molecule has 0 radical (unpaired) electrons. The summed E-state index contributed by atoms with van der Waals surface area (Å²) in [5.74, 6) is -1.20. The maximum absolute atomic E-state index is 12.7. The molecule has 0 unspecified atom stereocenters. The molecule has 0 aliphatic heterocycles. The molecule has 0 aliphatic carbocycles. The standard InChI is InChI=1S/C11H11F3N2O2S/c1-6(2)10(19)18-16-9(17)7-5-15-4-3-8(7)11(12,13)14/h3-6H,1-2H3,(H,16,17). The number of carbonyl (C=O) groups excluding carboxylic acids is 1. The molecule has 0 aliphatic rings. The molecule has 4 nitrogen and oxygen atoms in total. The first-order valence-electron chi connectivity index (χ1n) is 5.25. The van der Waals surface area contributed by atoms with Crippen LogP contribution in [0.25, 0.3) is 0 Å². The lowest BCUT2D eigenvalue weighted by Gasteiger charge is -2.13. The van der Waals surface area contributed by atoms with Gasteiger partial charge in [-0.3, -0.25) is 9.78 Å². The van der Waals surface area contributed by atoms with Crippen LogP contribution in [0.15, 0.2) is 18.5 Å². The van der Waals surface area contributed by atoms with Crippen molar-refractivity contribution in [3.8, 4) is 0 Å². The monoisotopic (exact) mass is 292 g/mol. The van der Waals surface area contributed by atoms with Crippen molar-refractivity contribution in [3.05, 3.63) is 29.6 Å². The van der Waals surface area contributed by atoms with Gasteiger partial charge in [-0.2, -0.15) is 18.7 Å². The fourth-order valence-corrected chi connectivity index (χ4v) is 1.13. The lowest BCUT2D eigenvalue weighted by atomic mass is 10.1. The molecule has 0 fully saturated rings. The minimum atomic E-state index is -4.64.